The molecule has 0 aliphatic rings. The standard InChI is InChI=1S/C12H16O/c1-5-11-8-10(4)6-7-12(11)13-9(2)3/h5-9H,1H2,2-4H3. The van der Waals surface area contributed by atoms with E-state index in [1.54, 1.807) is 0 Å². The zero-order chi connectivity index (χ0) is 9.84. The first kappa shape index (κ1) is 9.85. The van der Waals surface area contributed by atoms with Gasteiger partial charge in [-0.3, -0.25) is 0 Å². The Hall–Kier alpha value is -1.24. The van der Waals surface area contributed by atoms with Crippen LogP contribution in [0.25, 0.3) is 6.08 Å². The normalized spacial score (nSPS) is 10.2. The fraction of sp³-hybridized carbons (Fsp3) is 0.333. The highest BCUT2D eigenvalue weighted by atomic mass is 16.5. The van der Waals surface area contributed by atoms with Crippen molar-refractivity contribution in [3.8, 4) is 5.75 Å². The van der Waals surface area contributed by atoms with E-state index in [9.17, 15) is 0 Å². The van der Waals surface area contributed by atoms with Crippen LogP contribution in [0.5, 0.6) is 5.75 Å². The van der Waals surface area contributed by atoms with E-state index in [4.69, 9.17) is 4.74 Å². The van der Waals surface area contributed by atoms with Gasteiger partial charge >= 0.3 is 0 Å². The molecule has 1 aromatic carbocycles. The van der Waals surface area contributed by atoms with E-state index in [0.29, 0.717) is 0 Å². The van der Waals surface area contributed by atoms with Crippen LogP contribution in [0.15, 0.2) is 24.8 Å². The van der Waals surface area contributed by atoms with E-state index >= 15 is 0 Å². The van der Waals surface area contributed by atoms with E-state index in [1.807, 2.05) is 32.1 Å². The monoisotopic (exact) mass is 176 g/mol. The molecule has 1 nitrogen and oxygen atoms in total. The molecule has 0 aliphatic heterocycles. The lowest BCUT2D eigenvalue weighted by Crippen LogP contribution is -2.06. The lowest BCUT2D eigenvalue weighted by Gasteiger charge is -2.12. The third kappa shape index (κ3) is 2.62. The Balaban J connectivity index is 2.99. The number of ether oxygens (including phenoxy) is 1. The number of benzene rings is 1. The smallest absolute Gasteiger partial charge is 0.126 e. The van der Waals surface area contributed by atoms with E-state index < -0.39 is 0 Å². The van der Waals surface area contributed by atoms with E-state index in [1.165, 1.54) is 5.56 Å². The summed E-state index contributed by atoms with van der Waals surface area (Å²) < 4.78 is 5.62. The lowest BCUT2D eigenvalue weighted by atomic mass is 10.1. The Labute approximate surface area is 80.0 Å². The summed E-state index contributed by atoms with van der Waals surface area (Å²) in [5.41, 5.74) is 2.29. The molecule has 0 saturated heterocycles. The summed E-state index contributed by atoms with van der Waals surface area (Å²) in [7, 11) is 0. The molecular formula is C12H16O. The maximum Gasteiger partial charge on any atom is 0.126 e. The number of hydrogen-bond donors (Lipinski definition) is 0. The van der Waals surface area contributed by atoms with Gasteiger partial charge in [0.2, 0.25) is 0 Å². The van der Waals surface area contributed by atoms with Crippen LogP contribution in [0.1, 0.15) is 25.0 Å². The maximum atomic E-state index is 5.62. The van der Waals surface area contributed by atoms with Crippen LogP contribution in [0, 0.1) is 6.92 Å². The summed E-state index contributed by atoms with van der Waals surface area (Å²) in [5.74, 6) is 0.913. The minimum absolute atomic E-state index is 0.210. The second-order valence-electron chi connectivity index (χ2n) is 3.41. The topological polar surface area (TPSA) is 9.23 Å². The number of rotatable bonds is 3. The van der Waals surface area contributed by atoms with Gasteiger partial charge in [0.1, 0.15) is 5.75 Å². The van der Waals surface area contributed by atoms with E-state index in [-0.39, 0.29) is 6.10 Å². The van der Waals surface area contributed by atoms with Crippen LogP contribution in [0.3, 0.4) is 0 Å². The summed E-state index contributed by atoms with van der Waals surface area (Å²) in [6, 6.07) is 6.11. The van der Waals surface area contributed by atoms with Crippen LogP contribution >= 0.6 is 0 Å². The Morgan fingerprint density at radius 3 is 2.62 bits per heavy atom. The van der Waals surface area contributed by atoms with Gasteiger partial charge in [-0.1, -0.05) is 24.3 Å². The molecule has 0 aromatic heterocycles. The average Bonchev–Trinajstić information content (AvgIpc) is 2.07. The predicted octanol–water partition coefficient (Wildman–Crippen LogP) is 3.43. The second kappa shape index (κ2) is 4.13. The van der Waals surface area contributed by atoms with Gasteiger partial charge in [0.15, 0.2) is 0 Å². The Kier molecular flexibility index (Phi) is 3.13. The number of hydrogen-bond acceptors (Lipinski definition) is 1. The highest BCUT2D eigenvalue weighted by Gasteiger charge is 2.02. The van der Waals surface area contributed by atoms with Crippen LogP contribution in [0.4, 0.5) is 0 Å². The van der Waals surface area contributed by atoms with Crippen LogP contribution < -0.4 is 4.74 Å². The van der Waals surface area contributed by atoms with E-state index in [0.717, 1.165) is 11.3 Å². The van der Waals surface area contributed by atoms with Crippen molar-refractivity contribution in [2.45, 2.75) is 26.9 Å². The SMILES string of the molecule is C=Cc1cc(C)ccc1OC(C)C. The fourth-order valence-corrected chi connectivity index (χ4v) is 1.19. The fourth-order valence-electron chi connectivity index (χ4n) is 1.19. The highest BCUT2D eigenvalue weighted by molar-refractivity contribution is 5.56. The van der Waals surface area contributed by atoms with Crippen LogP contribution in [-0.4, -0.2) is 6.10 Å². The van der Waals surface area contributed by atoms with Crippen molar-refractivity contribution >= 4 is 6.08 Å². The van der Waals surface area contributed by atoms with Crippen molar-refractivity contribution < 1.29 is 4.74 Å². The van der Waals surface area contributed by atoms with Crippen molar-refractivity contribution in [2.75, 3.05) is 0 Å². The minimum Gasteiger partial charge on any atom is -0.490 e. The Bertz CT molecular complexity index is 300. The first-order valence-electron chi connectivity index (χ1n) is 4.53. The van der Waals surface area contributed by atoms with Crippen molar-refractivity contribution in [1.82, 2.24) is 0 Å². The molecule has 0 bridgehead atoms. The average molecular weight is 176 g/mol. The molecule has 0 unspecified atom stereocenters. The zero-order valence-corrected chi connectivity index (χ0v) is 8.50. The first-order valence-corrected chi connectivity index (χ1v) is 4.53. The van der Waals surface area contributed by atoms with Gasteiger partial charge in [-0.15, -0.1) is 0 Å². The Morgan fingerprint density at radius 1 is 1.38 bits per heavy atom. The van der Waals surface area contributed by atoms with Crippen molar-refractivity contribution in [2.24, 2.45) is 0 Å². The first-order chi connectivity index (χ1) is 6.13. The van der Waals surface area contributed by atoms with Gasteiger partial charge in [0.25, 0.3) is 0 Å². The highest BCUT2D eigenvalue weighted by Crippen LogP contribution is 2.21. The van der Waals surface area contributed by atoms with E-state index in [2.05, 4.69) is 19.6 Å². The largest absolute Gasteiger partial charge is 0.490 e. The molecule has 0 saturated carbocycles. The summed E-state index contributed by atoms with van der Waals surface area (Å²) in [5, 5.41) is 0. The second-order valence-corrected chi connectivity index (χ2v) is 3.41. The maximum absolute atomic E-state index is 5.62. The van der Waals surface area contributed by atoms with Gasteiger partial charge in [-0.25, -0.2) is 0 Å². The minimum atomic E-state index is 0.210. The van der Waals surface area contributed by atoms with Gasteiger partial charge in [0.05, 0.1) is 6.10 Å². The third-order valence-corrected chi connectivity index (χ3v) is 1.75. The predicted molar refractivity (Wildman–Crippen MR) is 57.0 cm³/mol. The van der Waals surface area contributed by atoms with Gasteiger partial charge in [-0.2, -0.15) is 0 Å². The molecule has 13 heavy (non-hydrogen) atoms. The molecule has 1 aromatic rings. The molecule has 1 rings (SSSR count). The molecule has 0 spiro atoms. The van der Waals surface area contributed by atoms with Gasteiger partial charge < -0.3 is 4.74 Å². The molecule has 0 atom stereocenters. The van der Waals surface area contributed by atoms with Crippen molar-refractivity contribution in [3.63, 3.8) is 0 Å². The molecule has 1 heteroatoms. The van der Waals surface area contributed by atoms with Crippen molar-refractivity contribution in [1.29, 1.82) is 0 Å². The lowest BCUT2D eigenvalue weighted by molar-refractivity contribution is 0.242. The van der Waals surface area contributed by atoms with Gasteiger partial charge in [0, 0.05) is 5.56 Å². The molecule has 0 radical (unpaired) electrons. The Morgan fingerprint density at radius 2 is 2.08 bits per heavy atom. The summed E-state index contributed by atoms with van der Waals surface area (Å²) >= 11 is 0. The van der Waals surface area contributed by atoms with Crippen LogP contribution in [0.2, 0.25) is 0 Å². The summed E-state index contributed by atoms with van der Waals surface area (Å²) in [6.07, 6.45) is 2.03. The third-order valence-electron chi connectivity index (χ3n) is 1.75. The van der Waals surface area contributed by atoms with Gasteiger partial charge in [-0.05, 0) is 32.9 Å². The molecular weight excluding hydrogens is 160 g/mol. The molecule has 0 heterocycles. The molecule has 0 fully saturated rings. The summed E-state index contributed by atoms with van der Waals surface area (Å²) in [4.78, 5) is 0. The zero-order valence-electron chi connectivity index (χ0n) is 8.50. The summed E-state index contributed by atoms with van der Waals surface area (Å²) in [6.45, 7) is 9.86. The molecule has 0 amide bonds. The molecule has 0 aliphatic carbocycles. The van der Waals surface area contributed by atoms with Crippen LogP contribution in [-0.2, 0) is 0 Å². The number of aryl methyl sites for hydroxylation is 1. The molecule has 70 valence electrons. The quantitative estimate of drug-likeness (QED) is 0.685. The van der Waals surface area contributed by atoms with Crippen molar-refractivity contribution in [3.05, 3.63) is 35.9 Å². The molecule has 0 N–H and O–H groups in total.